The second-order valence-corrected chi connectivity index (χ2v) is 5.11. The standard InChI is InChI=1S/C18H18N2O2/c1-13-6-5-7-14(2)17(13)21-10-11-22-18-15-8-3-4-9-16(15)19-12-20-18/h3-9,12H,10-11H2,1-2H3. The Bertz CT molecular complexity index is 761. The van der Waals surface area contributed by atoms with E-state index in [0.717, 1.165) is 27.8 Å². The zero-order chi connectivity index (χ0) is 15.4. The van der Waals surface area contributed by atoms with E-state index in [4.69, 9.17) is 9.47 Å². The number of para-hydroxylation sites is 2. The van der Waals surface area contributed by atoms with Crippen LogP contribution in [-0.4, -0.2) is 23.2 Å². The van der Waals surface area contributed by atoms with Crippen molar-refractivity contribution in [3.05, 3.63) is 59.9 Å². The predicted molar refractivity (Wildman–Crippen MR) is 86.4 cm³/mol. The lowest BCUT2D eigenvalue weighted by molar-refractivity contribution is 0.212. The second-order valence-electron chi connectivity index (χ2n) is 5.11. The van der Waals surface area contributed by atoms with E-state index in [0.29, 0.717) is 19.1 Å². The van der Waals surface area contributed by atoms with Crippen molar-refractivity contribution in [1.29, 1.82) is 0 Å². The van der Waals surface area contributed by atoms with E-state index in [2.05, 4.69) is 9.97 Å². The third-order valence-electron chi connectivity index (χ3n) is 3.48. The van der Waals surface area contributed by atoms with Crippen molar-refractivity contribution in [3.8, 4) is 11.6 Å². The zero-order valence-corrected chi connectivity index (χ0v) is 12.7. The average molecular weight is 294 g/mol. The highest BCUT2D eigenvalue weighted by Gasteiger charge is 2.05. The Labute approximate surface area is 129 Å². The van der Waals surface area contributed by atoms with Gasteiger partial charge in [0.15, 0.2) is 0 Å². The van der Waals surface area contributed by atoms with Crippen LogP contribution in [0.3, 0.4) is 0 Å². The first kappa shape index (κ1) is 14.3. The molecule has 0 aliphatic carbocycles. The topological polar surface area (TPSA) is 44.2 Å². The molecular formula is C18H18N2O2. The summed E-state index contributed by atoms with van der Waals surface area (Å²) in [5, 5.41) is 0.914. The molecule has 2 aromatic carbocycles. The van der Waals surface area contributed by atoms with Crippen molar-refractivity contribution < 1.29 is 9.47 Å². The van der Waals surface area contributed by atoms with E-state index in [-0.39, 0.29) is 0 Å². The zero-order valence-electron chi connectivity index (χ0n) is 12.7. The first-order chi connectivity index (χ1) is 10.8. The van der Waals surface area contributed by atoms with Crippen LogP contribution in [0, 0.1) is 13.8 Å². The number of aromatic nitrogens is 2. The molecule has 0 fully saturated rings. The van der Waals surface area contributed by atoms with Crippen LogP contribution in [0.4, 0.5) is 0 Å². The van der Waals surface area contributed by atoms with Gasteiger partial charge in [0.1, 0.15) is 25.3 Å². The molecule has 0 bridgehead atoms. The van der Waals surface area contributed by atoms with Crippen LogP contribution in [0.1, 0.15) is 11.1 Å². The summed E-state index contributed by atoms with van der Waals surface area (Å²) in [6.45, 7) is 5.00. The maximum Gasteiger partial charge on any atom is 0.224 e. The van der Waals surface area contributed by atoms with E-state index < -0.39 is 0 Å². The van der Waals surface area contributed by atoms with Gasteiger partial charge < -0.3 is 9.47 Å². The highest BCUT2D eigenvalue weighted by Crippen LogP contribution is 2.23. The van der Waals surface area contributed by atoms with Crippen LogP contribution in [0.25, 0.3) is 10.9 Å². The van der Waals surface area contributed by atoms with Gasteiger partial charge in [0.05, 0.1) is 10.9 Å². The molecule has 0 radical (unpaired) electrons. The Hall–Kier alpha value is -2.62. The highest BCUT2D eigenvalue weighted by molar-refractivity contribution is 5.82. The number of rotatable bonds is 5. The highest BCUT2D eigenvalue weighted by atomic mass is 16.5. The lowest BCUT2D eigenvalue weighted by Crippen LogP contribution is -2.11. The van der Waals surface area contributed by atoms with E-state index in [9.17, 15) is 0 Å². The van der Waals surface area contributed by atoms with Crippen LogP contribution in [0.5, 0.6) is 11.6 Å². The summed E-state index contributed by atoms with van der Waals surface area (Å²) >= 11 is 0. The van der Waals surface area contributed by atoms with E-state index >= 15 is 0 Å². The summed E-state index contributed by atoms with van der Waals surface area (Å²) < 4.78 is 11.6. The summed E-state index contributed by atoms with van der Waals surface area (Å²) in [6, 6.07) is 13.9. The fraction of sp³-hybridized carbons (Fsp3) is 0.222. The first-order valence-corrected chi connectivity index (χ1v) is 7.27. The minimum Gasteiger partial charge on any atom is -0.489 e. The smallest absolute Gasteiger partial charge is 0.224 e. The Morgan fingerprint density at radius 3 is 2.36 bits per heavy atom. The third kappa shape index (κ3) is 3.01. The van der Waals surface area contributed by atoms with Crippen molar-refractivity contribution in [2.45, 2.75) is 13.8 Å². The van der Waals surface area contributed by atoms with Gasteiger partial charge in [-0.2, -0.15) is 0 Å². The number of nitrogens with zero attached hydrogens (tertiary/aromatic N) is 2. The van der Waals surface area contributed by atoms with Crippen LogP contribution in [0.15, 0.2) is 48.8 Å². The Kier molecular flexibility index (Phi) is 4.19. The third-order valence-corrected chi connectivity index (χ3v) is 3.48. The molecule has 4 nitrogen and oxygen atoms in total. The maximum atomic E-state index is 5.83. The maximum absolute atomic E-state index is 5.83. The van der Waals surface area contributed by atoms with Gasteiger partial charge in [0.2, 0.25) is 5.88 Å². The van der Waals surface area contributed by atoms with Crippen molar-refractivity contribution >= 4 is 10.9 Å². The number of aryl methyl sites for hydroxylation is 2. The van der Waals surface area contributed by atoms with Gasteiger partial charge in [-0.1, -0.05) is 30.3 Å². The molecule has 0 unspecified atom stereocenters. The summed E-state index contributed by atoms with van der Waals surface area (Å²) in [4.78, 5) is 8.42. The Morgan fingerprint density at radius 1 is 0.818 bits per heavy atom. The molecule has 0 saturated heterocycles. The summed E-state index contributed by atoms with van der Waals surface area (Å²) in [5.74, 6) is 1.52. The summed E-state index contributed by atoms with van der Waals surface area (Å²) in [7, 11) is 0. The Balaban J connectivity index is 1.63. The van der Waals surface area contributed by atoms with Crippen LogP contribution >= 0.6 is 0 Å². The van der Waals surface area contributed by atoms with Crippen molar-refractivity contribution in [2.24, 2.45) is 0 Å². The van der Waals surface area contributed by atoms with Crippen LogP contribution < -0.4 is 9.47 Å². The number of hydrogen-bond donors (Lipinski definition) is 0. The van der Waals surface area contributed by atoms with Crippen molar-refractivity contribution in [3.63, 3.8) is 0 Å². The van der Waals surface area contributed by atoms with E-state index in [1.165, 1.54) is 6.33 Å². The molecule has 22 heavy (non-hydrogen) atoms. The van der Waals surface area contributed by atoms with Gasteiger partial charge in [-0.05, 0) is 37.1 Å². The number of ether oxygens (including phenoxy) is 2. The molecule has 1 aromatic heterocycles. The van der Waals surface area contributed by atoms with Gasteiger partial charge in [-0.3, -0.25) is 0 Å². The summed E-state index contributed by atoms with van der Waals surface area (Å²) in [5.41, 5.74) is 3.14. The molecule has 0 saturated carbocycles. The van der Waals surface area contributed by atoms with E-state index in [1.807, 2.05) is 56.3 Å². The Morgan fingerprint density at radius 2 is 1.55 bits per heavy atom. The van der Waals surface area contributed by atoms with Gasteiger partial charge in [-0.15, -0.1) is 0 Å². The molecule has 3 aromatic rings. The van der Waals surface area contributed by atoms with Gasteiger partial charge >= 0.3 is 0 Å². The molecule has 0 N–H and O–H groups in total. The molecule has 0 spiro atoms. The first-order valence-electron chi connectivity index (χ1n) is 7.27. The lowest BCUT2D eigenvalue weighted by Gasteiger charge is -2.12. The van der Waals surface area contributed by atoms with Crippen LogP contribution in [0.2, 0.25) is 0 Å². The van der Waals surface area contributed by atoms with Crippen molar-refractivity contribution in [1.82, 2.24) is 9.97 Å². The fourth-order valence-electron chi connectivity index (χ4n) is 2.40. The van der Waals surface area contributed by atoms with Gasteiger partial charge in [0, 0.05) is 0 Å². The van der Waals surface area contributed by atoms with E-state index in [1.54, 1.807) is 0 Å². The van der Waals surface area contributed by atoms with Crippen molar-refractivity contribution in [2.75, 3.05) is 13.2 Å². The predicted octanol–water partition coefficient (Wildman–Crippen LogP) is 3.70. The van der Waals surface area contributed by atoms with Crippen LogP contribution in [-0.2, 0) is 0 Å². The normalized spacial score (nSPS) is 10.6. The molecule has 0 aliphatic heterocycles. The average Bonchev–Trinajstić information content (AvgIpc) is 2.54. The monoisotopic (exact) mass is 294 g/mol. The second kappa shape index (κ2) is 6.43. The minimum atomic E-state index is 0.439. The molecule has 112 valence electrons. The quantitative estimate of drug-likeness (QED) is 0.673. The minimum absolute atomic E-state index is 0.439. The summed E-state index contributed by atoms with van der Waals surface area (Å²) in [6.07, 6.45) is 1.52. The molecule has 0 aliphatic rings. The lowest BCUT2D eigenvalue weighted by atomic mass is 10.1. The van der Waals surface area contributed by atoms with Gasteiger partial charge in [0.25, 0.3) is 0 Å². The SMILES string of the molecule is Cc1cccc(C)c1OCCOc1ncnc2ccccc12. The molecular weight excluding hydrogens is 276 g/mol. The molecule has 0 amide bonds. The number of fused-ring (bicyclic) bond motifs is 1. The molecule has 1 heterocycles. The molecule has 0 atom stereocenters. The number of benzene rings is 2. The molecule has 3 rings (SSSR count). The fourth-order valence-corrected chi connectivity index (χ4v) is 2.40. The number of hydrogen-bond acceptors (Lipinski definition) is 4. The van der Waals surface area contributed by atoms with Gasteiger partial charge in [-0.25, -0.2) is 9.97 Å². The molecule has 4 heteroatoms. The largest absolute Gasteiger partial charge is 0.489 e.